The first-order valence-electron chi connectivity index (χ1n) is 6.88. The number of benzene rings is 1. The Morgan fingerprint density at radius 2 is 2.29 bits per heavy atom. The van der Waals surface area contributed by atoms with Crippen LogP contribution in [0.15, 0.2) is 18.2 Å². The van der Waals surface area contributed by atoms with Crippen molar-refractivity contribution < 1.29 is 14.0 Å². The molecule has 1 aliphatic rings. The lowest BCUT2D eigenvalue weighted by Gasteiger charge is -2.17. The van der Waals surface area contributed by atoms with Crippen LogP contribution in [0.25, 0.3) is 0 Å². The normalized spacial score (nSPS) is 16.1. The molecular weight excluding hydrogens is 275 g/mol. The van der Waals surface area contributed by atoms with Crippen molar-refractivity contribution in [1.29, 1.82) is 0 Å². The van der Waals surface area contributed by atoms with Gasteiger partial charge in [0, 0.05) is 31.7 Å². The average molecular weight is 294 g/mol. The Hall–Kier alpha value is -2.15. The summed E-state index contributed by atoms with van der Waals surface area (Å²) in [5.41, 5.74) is 5.90. The van der Waals surface area contributed by atoms with Crippen molar-refractivity contribution in [3.05, 3.63) is 24.0 Å². The number of nitrogens with two attached hydrogens (primary N) is 1. The van der Waals surface area contributed by atoms with Gasteiger partial charge in [-0.3, -0.25) is 14.5 Å². The summed E-state index contributed by atoms with van der Waals surface area (Å²) in [4.78, 5) is 25.2. The summed E-state index contributed by atoms with van der Waals surface area (Å²) in [6, 6.07) is 4.06. The number of halogens is 1. The first-order valence-corrected chi connectivity index (χ1v) is 6.88. The highest BCUT2D eigenvalue weighted by molar-refractivity contribution is 5.91. The molecule has 7 heteroatoms. The van der Waals surface area contributed by atoms with E-state index in [9.17, 15) is 14.0 Å². The van der Waals surface area contributed by atoms with Gasteiger partial charge in [0.05, 0.1) is 12.2 Å². The smallest absolute Gasteiger partial charge is 0.234 e. The van der Waals surface area contributed by atoms with E-state index in [1.165, 1.54) is 18.2 Å². The van der Waals surface area contributed by atoms with Crippen molar-refractivity contribution in [1.82, 2.24) is 10.2 Å². The Morgan fingerprint density at radius 1 is 1.48 bits per heavy atom. The summed E-state index contributed by atoms with van der Waals surface area (Å²) in [6.07, 6.45) is 1.15. The predicted octanol–water partition coefficient (Wildman–Crippen LogP) is 0.558. The average Bonchev–Trinajstić information content (AvgIpc) is 2.65. The molecule has 1 aliphatic heterocycles. The lowest BCUT2D eigenvalue weighted by molar-refractivity contribution is -0.122. The number of rotatable bonds is 4. The number of nitrogens with one attached hydrogen (secondary N) is 2. The third kappa shape index (κ3) is 4.71. The first-order chi connectivity index (χ1) is 10.0. The van der Waals surface area contributed by atoms with Crippen LogP contribution in [0.1, 0.15) is 12.8 Å². The van der Waals surface area contributed by atoms with E-state index >= 15 is 0 Å². The van der Waals surface area contributed by atoms with E-state index in [0.29, 0.717) is 25.3 Å². The zero-order chi connectivity index (χ0) is 15.2. The number of nitrogen functional groups attached to an aromatic ring is 1. The molecule has 0 unspecified atom stereocenters. The molecule has 0 saturated carbocycles. The van der Waals surface area contributed by atoms with E-state index in [0.717, 1.165) is 13.0 Å². The van der Waals surface area contributed by atoms with E-state index < -0.39 is 5.82 Å². The van der Waals surface area contributed by atoms with Gasteiger partial charge in [-0.15, -0.1) is 0 Å². The largest absolute Gasteiger partial charge is 0.396 e. The van der Waals surface area contributed by atoms with Gasteiger partial charge in [-0.05, 0) is 24.6 Å². The molecular formula is C14H19FN4O2. The van der Waals surface area contributed by atoms with E-state index in [2.05, 4.69) is 10.6 Å². The van der Waals surface area contributed by atoms with E-state index in [1.807, 2.05) is 4.90 Å². The topological polar surface area (TPSA) is 87.5 Å². The Morgan fingerprint density at radius 3 is 3.05 bits per heavy atom. The second kappa shape index (κ2) is 7.03. The number of carbonyl (C=O) groups is 2. The number of carbonyl (C=O) groups excluding carboxylic acids is 2. The van der Waals surface area contributed by atoms with Crippen LogP contribution in [0.2, 0.25) is 0 Å². The molecule has 21 heavy (non-hydrogen) atoms. The van der Waals surface area contributed by atoms with Crippen molar-refractivity contribution in [3.63, 3.8) is 0 Å². The number of amides is 2. The standard InChI is InChI=1S/C14H19FN4O2/c15-11-3-2-10(8-12(11)16)18-13(20)4-7-19-6-1-5-17-14(21)9-19/h2-3,8H,1,4-7,9,16H2,(H,17,21)(H,18,20). The molecule has 2 amide bonds. The minimum atomic E-state index is -0.511. The maximum absolute atomic E-state index is 13.0. The highest BCUT2D eigenvalue weighted by atomic mass is 19.1. The van der Waals surface area contributed by atoms with Crippen LogP contribution in [-0.4, -0.2) is 42.9 Å². The molecule has 1 heterocycles. The van der Waals surface area contributed by atoms with Gasteiger partial charge in [0.25, 0.3) is 0 Å². The lowest BCUT2D eigenvalue weighted by atomic mass is 10.2. The van der Waals surface area contributed by atoms with Crippen LogP contribution in [-0.2, 0) is 9.59 Å². The summed E-state index contributed by atoms with van der Waals surface area (Å²) in [5, 5.41) is 5.45. The molecule has 1 saturated heterocycles. The van der Waals surface area contributed by atoms with Gasteiger partial charge in [0.2, 0.25) is 11.8 Å². The van der Waals surface area contributed by atoms with Gasteiger partial charge in [-0.2, -0.15) is 0 Å². The van der Waals surface area contributed by atoms with Crippen molar-refractivity contribution in [2.24, 2.45) is 0 Å². The second-order valence-electron chi connectivity index (χ2n) is 5.01. The molecule has 1 aromatic carbocycles. The maximum Gasteiger partial charge on any atom is 0.234 e. The molecule has 0 atom stereocenters. The molecule has 0 spiro atoms. The van der Waals surface area contributed by atoms with Crippen molar-refractivity contribution >= 4 is 23.2 Å². The zero-order valence-corrected chi connectivity index (χ0v) is 11.7. The van der Waals surface area contributed by atoms with Gasteiger partial charge in [-0.25, -0.2) is 4.39 Å². The Kier molecular flexibility index (Phi) is 5.10. The van der Waals surface area contributed by atoms with Crippen LogP contribution in [0.3, 0.4) is 0 Å². The third-order valence-electron chi connectivity index (χ3n) is 3.28. The number of nitrogens with zero attached hydrogens (tertiary/aromatic N) is 1. The van der Waals surface area contributed by atoms with E-state index in [-0.39, 0.29) is 23.9 Å². The number of hydrogen-bond acceptors (Lipinski definition) is 4. The first kappa shape index (κ1) is 15.2. The maximum atomic E-state index is 13.0. The Balaban J connectivity index is 1.81. The predicted molar refractivity (Wildman–Crippen MR) is 78.1 cm³/mol. The molecule has 114 valence electrons. The summed E-state index contributed by atoms with van der Waals surface area (Å²) in [5.74, 6) is -0.714. The Bertz CT molecular complexity index is 536. The second-order valence-corrected chi connectivity index (χ2v) is 5.01. The quantitative estimate of drug-likeness (QED) is 0.708. The van der Waals surface area contributed by atoms with Gasteiger partial charge >= 0.3 is 0 Å². The molecule has 1 fully saturated rings. The van der Waals surface area contributed by atoms with Crippen LogP contribution >= 0.6 is 0 Å². The number of hydrogen-bond donors (Lipinski definition) is 3. The van der Waals surface area contributed by atoms with Gasteiger partial charge in [-0.1, -0.05) is 0 Å². The van der Waals surface area contributed by atoms with Crippen LogP contribution in [0.5, 0.6) is 0 Å². The number of anilines is 2. The molecule has 0 aliphatic carbocycles. The molecule has 0 aromatic heterocycles. The summed E-state index contributed by atoms with van der Waals surface area (Å²) < 4.78 is 13.0. The highest BCUT2D eigenvalue weighted by Gasteiger charge is 2.15. The fourth-order valence-corrected chi connectivity index (χ4v) is 2.16. The molecule has 4 N–H and O–H groups in total. The van der Waals surface area contributed by atoms with Crippen LogP contribution in [0, 0.1) is 5.82 Å². The van der Waals surface area contributed by atoms with Gasteiger partial charge in [0.1, 0.15) is 5.82 Å². The molecule has 0 bridgehead atoms. The van der Waals surface area contributed by atoms with Crippen molar-refractivity contribution in [2.45, 2.75) is 12.8 Å². The van der Waals surface area contributed by atoms with E-state index in [4.69, 9.17) is 5.73 Å². The fraction of sp³-hybridized carbons (Fsp3) is 0.429. The fourth-order valence-electron chi connectivity index (χ4n) is 2.16. The summed E-state index contributed by atoms with van der Waals surface area (Å²) >= 11 is 0. The van der Waals surface area contributed by atoms with E-state index in [1.54, 1.807) is 0 Å². The van der Waals surface area contributed by atoms with Gasteiger partial charge in [0.15, 0.2) is 0 Å². The van der Waals surface area contributed by atoms with Crippen LogP contribution < -0.4 is 16.4 Å². The zero-order valence-electron chi connectivity index (χ0n) is 11.7. The third-order valence-corrected chi connectivity index (χ3v) is 3.28. The van der Waals surface area contributed by atoms with Crippen molar-refractivity contribution in [2.75, 3.05) is 37.2 Å². The van der Waals surface area contributed by atoms with Gasteiger partial charge < -0.3 is 16.4 Å². The minimum Gasteiger partial charge on any atom is -0.396 e. The Labute approximate surface area is 122 Å². The summed E-state index contributed by atoms with van der Waals surface area (Å²) in [6.45, 7) is 2.29. The molecule has 0 radical (unpaired) electrons. The highest BCUT2D eigenvalue weighted by Crippen LogP contribution is 2.16. The monoisotopic (exact) mass is 294 g/mol. The SMILES string of the molecule is Nc1cc(NC(=O)CCN2CCCNC(=O)C2)ccc1F. The summed E-state index contributed by atoms with van der Waals surface area (Å²) in [7, 11) is 0. The molecule has 6 nitrogen and oxygen atoms in total. The molecule has 2 rings (SSSR count). The lowest BCUT2D eigenvalue weighted by Crippen LogP contribution is -2.34. The van der Waals surface area contributed by atoms with Crippen LogP contribution in [0.4, 0.5) is 15.8 Å². The minimum absolute atomic E-state index is 0.00279. The molecule has 1 aromatic rings. The van der Waals surface area contributed by atoms with Crippen molar-refractivity contribution in [3.8, 4) is 0 Å².